The molecule has 1 saturated heterocycles. The van der Waals surface area contributed by atoms with Crippen LogP contribution in [0.2, 0.25) is 0 Å². The zero-order valence-corrected chi connectivity index (χ0v) is 5.22. The van der Waals surface area contributed by atoms with Gasteiger partial charge in [-0.3, -0.25) is 0 Å². The van der Waals surface area contributed by atoms with Gasteiger partial charge in [-0.25, -0.2) is 0 Å². The third-order valence-electron chi connectivity index (χ3n) is 1.54. The van der Waals surface area contributed by atoms with E-state index in [0.717, 1.165) is 25.4 Å². The third-order valence-corrected chi connectivity index (χ3v) is 1.54. The molecule has 0 aliphatic carbocycles. The second-order valence-electron chi connectivity index (χ2n) is 2.61. The van der Waals surface area contributed by atoms with Gasteiger partial charge >= 0.3 is 0 Å². The molecule has 1 aliphatic heterocycles. The van der Waals surface area contributed by atoms with Crippen LogP contribution in [-0.2, 0) is 0 Å². The summed E-state index contributed by atoms with van der Waals surface area (Å²) in [6.45, 7) is 4.05. The van der Waals surface area contributed by atoms with E-state index in [0.29, 0.717) is 0 Å². The van der Waals surface area contributed by atoms with Crippen LogP contribution in [-0.4, -0.2) is 24.3 Å². The largest absolute Gasteiger partial charge is 0.393 e. The summed E-state index contributed by atoms with van der Waals surface area (Å²) in [6.07, 6.45) is 0.856. The number of rotatable bonds is 2. The lowest BCUT2D eigenvalue weighted by Gasteiger charge is -2.27. The Morgan fingerprint density at radius 3 is 2.50 bits per heavy atom. The van der Waals surface area contributed by atoms with Crippen molar-refractivity contribution < 1.29 is 5.11 Å². The predicted molar refractivity (Wildman–Crippen MR) is 32.7 cm³/mol. The van der Waals surface area contributed by atoms with E-state index in [1.165, 1.54) is 0 Å². The van der Waals surface area contributed by atoms with Gasteiger partial charge in [-0.2, -0.15) is 0 Å². The molecule has 0 aromatic heterocycles. The van der Waals surface area contributed by atoms with E-state index in [1.54, 1.807) is 0 Å². The average molecular weight is 115 g/mol. The smallest absolute Gasteiger partial charge is 0.0515 e. The average Bonchev–Trinajstić information content (AvgIpc) is 1.55. The number of hydrogen-bond acceptors (Lipinski definition) is 2. The van der Waals surface area contributed by atoms with Crippen molar-refractivity contribution in [1.82, 2.24) is 5.32 Å². The summed E-state index contributed by atoms with van der Waals surface area (Å²) < 4.78 is 0. The molecule has 0 amide bonds. The van der Waals surface area contributed by atoms with E-state index >= 15 is 0 Å². The monoisotopic (exact) mass is 115 g/mol. The van der Waals surface area contributed by atoms with Crippen LogP contribution in [0.1, 0.15) is 13.3 Å². The maximum absolute atomic E-state index is 8.86. The molecule has 2 N–H and O–H groups in total. The van der Waals surface area contributed by atoms with Crippen LogP contribution >= 0.6 is 0 Å². The van der Waals surface area contributed by atoms with E-state index in [4.69, 9.17) is 5.11 Å². The van der Waals surface area contributed by atoms with Crippen molar-refractivity contribution >= 4 is 0 Å². The first-order valence-corrected chi connectivity index (χ1v) is 3.18. The fraction of sp³-hybridized carbons (Fsp3) is 1.00. The van der Waals surface area contributed by atoms with Crippen LogP contribution in [0.3, 0.4) is 0 Å². The second-order valence-corrected chi connectivity index (χ2v) is 2.61. The molecule has 1 unspecified atom stereocenters. The Hall–Kier alpha value is -0.0800. The fourth-order valence-electron chi connectivity index (χ4n) is 0.998. The molecule has 0 bridgehead atoms. The van der Waals surface area contributed by atoms with Crippen LogP contribution in [0.15, 0.2) is 0 Å². The fourth-order valence-corrected chi connectivity index (χ4v) is 0.998. The quantitative estimate of drug-likeness (QED) is 0.530. The molecule has 0 saturated carbocycles. The van der Waals surface area contributed by atoms with Crippen LogP contribution in [0.5, 0.6) is 0 Å². The minimum atomic E-state index is -0.109. The Bertz CT molecular complexity index is 68.9. The molecule has 0 radical (unpaired) electrons. The molecule has 1 heterocycles. The first kappa shape index (κ1) is 6.05. The van der Waals surface area contributed by atoms with Crippen molar-refractivity contribution in [3.05, 3.63) is 0 Å². The Morgan fingerprint density at radius 2 is 2.38 bits per heavy atom. The highest BCUT2D eigenvalue weighted by Gasteiger charge is 2.17. The summed E-state index contributed by atoms with van der Waals surface area (Å²) in [5.41, 5.74) is 0. The first-order chi connectivity index (χ1) is 3.79. The highest BCUT2D eigenvalue weighted by atomic mass is 16.3. The molecule has 2 nitrogen and oxygen atoms in total. The maximum Gasteiger partial charge on any atom is 0.0515 e. The van der Waals surface area contributed by atoms with Gasteiger partial charge in [0.15, 0.2) is 0 Å². The standard InChI is InChI=1S/C6H13NO/c1-5(8)2-6-3-7-4-6/h5-8H,2-4H2,1H3. The van der Waals surface area contributed by atoms with Crippen molar-refractivity contribution in [2.45, 2.75) is 19.4 Å². The van der Waals surface area contributed by atoms with Crippen molar-refractivity contribution in [3.63, 3.8) is 0 Å². The van der Waals surface area contributed by atoms with Gasteiger partial charge in [0.25, 0.3) is 0 Å². The number of hydrogen-bond donors (Lipinski definition) is 2. The van der Waals surface area contributed by atoms with Crippen LogP contribution in [0, 0.1) is 5.92 Å². The summed E-state index contributed by atoms with van der Waals surface area (Å²) in [7, 11) is 0. The third kappa shape index (κ3) is 1.46. The number of nitrogens with one attached hydrogen (secondary N) is 1. The molecule has 1 fully saturated rings. The van der Waals surface area contributed by atoms with Crippen molar-refractivity contribution in [1.29, 1.82) is 0 Å². The van der Waals surface area contributed by atoms with Gasteiger partial charge in [-0.1, -0.05) is 0 Å². The number of aliphatic hydroxyl groups excluding tert-OH is 1. The lowest BCUT2D eigenvalue weighted by atomic mass is 9.97. The van der Waals surface area contributed by atoms with E-state index in [1.807, 2.05) is 6.92 Å². The highest BCUT2D eigenvalue weighted by Crippen LogP contribution is 2.09. The lowest BCUT2D eigenvalue weighted by Crippen LogP contribution is -2.43. The molecule has 1 aliphatic rings. The molecule has 48 valence electrons. The van der Waals surface area contributed by atoms with E-state index in [-0.39, 0.29) is 6.10 Å². The van der Waals surface area contributed by atoms with Gasteiger partial charge in [0.2, 0.25) is 0 Å². The summed E-state index contributed by atoms with van der Waals surface area (Å²) in [6, 6.07) is 0. The van der Waals surface area contributed by atoms with Gasteiger partial charge in [0.1, 0.15) is 0 Å². The van der Waals surface area contributed by atoms with Gasteiger partial charge in [-0.15, -0.1) is 0 Å². The normalized spacial score (nSPS) is 24.8. The van der Waals surface area contributed by atoms with E-state index in [9.17, 15) is 0 Å². The molecule has 2 heteroatoms. The summed E-state index contributed by atoms with van der Waals surface area (Å²) in [5, 5.41) is 12.0. The Morgan fingerprint density at radius 1 is 1.75 bits per heavy atom. The Labute approximate surface area is 49.9 Å². The van der Waals surface area contributed by atoms with E-state index in [2.05, 4.69) is 5.32 Å². The Balaban J connectivity index is 2.01. The topological polar surface area (TPSA) is 32.3 Å². The van der Waals surface area contributed by atoms with Gasteiger partial charge in [0.05, 0.1) is 6.10 Å². The lowest BCUT2D eigenvalue weighted by molar-refractivity contribution is 0.142. The molecule has 8 heavy (non-hydrogen) atoms. The van der Waals surface area contributed by atoms with Crippen molar-refractivity contribution in [3.8, 4) is 0 Å². The molecule has 1 rings (SSSR count). The van der Waals surface area contributed by atoms with Crippen LogP contribution < -0.4 is 5.32 Å². The highest BCUT2D eigenvalue weighted by molar-refractivity contribution is 4.75. The zero-order valence-electron chi connectivity index (χ0n) is 5.22. The molecular formula is C6H13NO. The SMILES string of the molecule is CC(O)CC1CNC1. The summed E-state index contributed by atoms with van der Waals surface area (Å²) >= 11 is 0. The second kappa shape index (κ2) is 2.46. The molecular weight excluding hydrogens is 102 g/mol. The van der Waals surface area contributed by atoms with Crippen LogP contribution in [0.4, 0.5) is 0 Å². The van der Waals surface area contributed by atoms with Gasteiger partial charge in [0, 0.05) is 0 Å². The minimum Gasteiger partial charge on any atom is -0.393 e. The Kier molecular flexibility index (Phi) is 1.86. The minimum absolute atomic E-state index is 0.109. The van der Waals surface area contributed by atoms with Crippen molar-refractivity contribution in [2.75, 3.05) is 13.1 Å². The molecule has 0 aromatic rings. The molecule has 0 spiro atoms. The van der Waals surface area contributed by atoms with Crippen molar-refractivity contribution in [2.24, 2.45) is 5.92 Å². The summed E-state index contributed by atoms with van der Waals surface area (Å²) in [5.74, 6) is 0.745. The molecule has 1 atom stereocenters. The zero-order chi connectivity index (χ0) is 5.98. The maximum atomic E-state index is 8.86. The first-order valence-electron chi connectivity index (χ1n) is 3.18. The predicted octanol–water partition coefficient (Wildman–Crippen LogP) is -0.0233. The van der Waals surface area contributed by atoms with Crippen LogP contribution in [0.25, 0.3) is 0 Å². The van der Waals surface area contributed by atoms with Gasteiger partial charge in [-0.05, 0) is 32.4 Å². The molecule has 0 aromatic carbocycles. The summed E-state index contributed by atoms with van der Waals surface area (Å²) in [4.78, 5) is 0. The van der Waals surface area contributed by atoms with Gasteiger partial charge < -0.3 is 10.4 Å². The number of aliphatic hydroxyl groups is 1. The van der Waals surface area contributed by atoms with E-state index < -0.39 is 0 Å².